The van der Waals surface area contributed by atoms with Crippen LogP contribution in [-0.4, -0.2) is 27.9 Å². The Balaban J connectivity index is 1.61. The van der Waals surface area contributed by atoms with Crippen molar-refractivity contribution >= 4 is 44.2 Å². The van der Waals surface area contributed by atoms with Crippen LogP contribution in [0.2, 0.25) is 0 Å². The Morgan fingerprint density at radius 1 is 1.25 bits per heavy atom. The SMILES string of the molecule is O=C(NCCc1ccc(Br)s1)c1ccc2n[nH]nc2c1. The number of halogens is 1. The fourth-order valence-corrected chi connectivity index (χ4v) is 3.35. The molecule has 3 rings (SSSR count). The highest BCUT2D eigenvalue weighted by atomic mass is 79.9. The number of nitrogens with zero attached hydrogens (tertiary/aromatic N) is 2. The third kappa shape index (κ3) is 2.88. The first-order chi connectivity index (χ1) is 9.72. The number of nitrogens with one attached hydrogen (secondary N) is 2. The molecule has 0 aliphatic heterocycles. The van der Waals surface area contributed by atoms with Crippen molar-refractivity contribution in [3.8, 4) is 0 Å². The summed E-state index contributed by atoms with van der Waals surface area (Å²) in [5, 5.41) is 13.4. The number of rotatable bonds is 4. The summed E-state index contributed by atoms with van der Waals surface area (Å²) in [7, 11) is 0. The van der Waals surface area contributed by atoms with Crippen molar-refractivity contribution in [2.75, 3.05) is 6.54 Å². The predicted octanol–water partition coefficient (Wildman–Crippen LogP) is 2.75. The molecule has 0 unspecified atom stereocenters. The predicted molar refractivity (Wildman–Crippen MR) is 81.9 cm³/mol. The lowest BCUT2D eigenvalue weighted by Gasteiger charge is -2.04. The molecule has 5 nitrogen and oxygen atoms in total. The van der Waals surface area contributed by atoms with Crippen molar-refractivity contribution in [3.63, 3.8) is 0 Å². The summed E-state index contributed by atoms with van der Waals surface area (Å²) >= 11 is 5.11. The number of carbonyl (C=O) groups excluding carboxylic acids is 1. The molecule has 2 N–H and O–H groups in total. The molecule has 2 aromatic heterocycles. The number of hydrogen-bond acceptors (Lipinski definition) is 4. The molecule has 0 aliphatic rings. The summed E-state index contributed by atoms with van der Waals surface area (Å²) in [4.78, 5) is 13.3. The zero-order valence-electron chi connectivity index (χ0n) is 10.4. The van der Waals surface area contributed by atoms with Gasteiger partial charge in [-0.3, -0.25) is 4.79 Å². The number of thiophene rings is 1. The van der Waals surface area contributed by atoms with Crippen LogP contribution in [0.4, 0.5) is 0 Å². The molecule has 0 aliphatic carbocycles. The highest BCUT2D eigenvalue weighted by Gasteiger charge is 2.08. The Morgan fingerprint density at radius 3 is 2.90 bits per heavy atom. The maximum atomic E-state index is 12.0. The molecule has 0 radical (unpaired) electrons. The van der Waals surface area contributed by atoms with Crippen LogP contribution in [0.5, 0.6) is 0 Å². The summed E-state index contributed by atoms with van der Waals surface area (Å²) in [6.45, 7) is 0.614. The van der Waals surface area contributed by atoms with E-state index in [9.17, 15) is 4.79 Å². The van der Waals surface area contributed by atoms with Crippen LogP contribution in [0.3, 0.4) is 0 Å². The monoisotopic (exact) mass is 350 g/mol. The number of H-pyrrole nitrogens is 1. The molecule has 0 spiro atoms. The average molecular weight is 351 g/mol. The van der Waals surface area contributed by atoms with E-state index in [2.05, 4.69) is 42.7 Å². The van der Waals surface area contributed by atoms with E-state index >= 15 is 0 Å². The van der Waals surface area contributed by atoms with E-state index in [4.69, 9.17) is 0 Å². The minimum atomic E-state index is -0.0921. The third-order valence-corrected chi connectivity index (χ3v) is 4.55. The highest BCUT2D eigenvalue weighted by Crippen LogP contribution is 2.22. The van der Waals surface area contributed by atoms with Crippen LogP contribution in [0.15, 0.2) is 34.1 Å². The molecule has 1 amide bonds. The van der Waals surface area contributed by atoms with Gasteiger partial charge in [-0.15, -0.1) is 11.3 Å². The molecule has 0 saturated carbocycles. The van der Waals surface area contributed by atoms with Gasteiger partial charge in [0.15, 0.2) is 0 Å². The normalized spacial score (nSPS) is 10.8. The maximum absolute atomic E-state index is 12.0. The topological polar surface area (TPSA) is 70.7 Å². The van der Waals surface area contributed by atoms with E-state index in [1.807, 2.05) is 6.07 Å². The first-order valence-corrected chi connectivity index (χ1v) is 7.66. The smallest absolute Gasteiger partial charge is 0.251 e. The van der Waals surface area contributed by atoms with Crippen molar-refractivity contribution in [2.24, 2.45) is 0 Å². The van der Waals surface area contributed by atoms with E-state index in [0.29, 0.717) is 17.6 Å². The quantitative estimate of drug-likeness (QED) is 0.759. The minimum Gasteiger partial charge on any atom is -0.352 e. The second kappa shape index (κ2) is 5.72. The highest BCUT2D eigenvalue weighted by molar-refractivity contribution is 9.11. The van der Waals surface area contributed by atoms with Gasteiger partial charge in [0.25, 0.3) is 5.91 Å². The van der Waals surface area contributed by atoms with E-state index in [1.165, 1.54) is 4.88 Å². The van der Waals surface area contributed by atoms with Gasteiger partial charge in [-0.05, 0) is 52.7 Å². The summed E-state index contributed by atoms with van der Waals surface area (Å²) in [5.74, 6) is -0.0921. The molecule has 0 fully saturated rings. The van der Waals surface area contributed by atoms with Crippen molar-refractivity contribution in [1.29, 1.82) is 0 Å². The van der Waals surface area contributed by atoms with E-state index < -0.39 is 0 Å². The number of hydrogen-bond donors (Lipinski definition) is 2. The molecule has 2 heterocycles. The van der Waals surface area contributed by atoms with Crippen LogP contribution in [0.1, 0.15) is 15.2 Å². The molecule has 1 aromatic carbocycles. The maximum Gasteiger partial charge on any atom is 0.251 e. The molecule has 20 heavy (non-hydrogen) atoms. The van der Waals surface area contributed by atoms with Gasteiger partial charge in [-0.1, -0.05) is 0 Å². The number of carbonyl (C=O) groups is 1. The van der Waals surface area contributed by atoms with Crippen molar-refractivity contribution in [1.82, 2.24) is 20.7 Å². The molecule has 0 bridgehead atoms. The van der Waals surface area contributed by atoms with Crippen molar-refractivity contribution < 1.29 is 4.79 Å². The van der Waals surface area contributed by atoms with Crippen molar-refractivity contribution in [3.05, 3.63) is 44.6 Å². The first kappa shape index (κ1) is 13.3. The molecule has 7 heteroatoms. The molecule has 0 saturated heterocycles. The number of benzene rings is 1. The van der Waals surface area contributed by atoms with Gasteiger partial charge >= 0.3 is 0 Å². The standard InChI is InChI=1S/C13H11BrN4OS/c14-12-4-2-9(20-12)5-6-15-13(19)8-1-3-10-11(7-8)17-18-16-10/h1-4,7H,5-6H2,(H,15,19)(H,16,17,18). The number of amides is 1. The summed E-state index contributed by atoms with van der Waals surface area (Å²) in [6.07, 6.45) is 0.828. The van der Waals surface area contributed by atoms with Gasteiger partial charge in [0.2, 0.25) is 0 Å². The van der Waals surface area contributed by atoms with Gasteiger partial charge in [0.1, 0.15) is 11.0 Å². The Morgan fingerprint density at radius 2 is 2.10 bits per heavy atom. The molecule has 3 aromatic rings. The lowest BCUT2D eigenvalue weighted by Crippen LogP contribution is -2.25. The zero-order chi connectivity index (χ0) is 13.9. The van der Waals surface area contributed by atoms with Crippen LogP contribution in [0, 0.1) is 0 Å². The summed E-state index contributed by atoms with van der Waals surface area (Å²) in [6, 6.07) is 9.34. The van der Waals surface area contributed by atoms with Crippen LogP contribution in [0.25, 0.3) is 11.0 Å². The van der Waals surface area contributed by atoms with Gasteiger partial charge in [-0.25, -0.2) is 0 Å². The van der Waals surface area contributed by atoms with Crippen LogP contribution >= 0.6 is 27.3 Å². The van der Waals surface area contributed by atoms with Gasteiger partial charge in [0, 0.05) is 17.0 Å². The van der Waals surface area contributed by atoms with Gasteiger partial charge in [-0.2, -0.15) is 15.4 Å². The van der Waals surface area contributed by atoms with Gasteiger partial charge in [0.05, 0.1) is 3.79 Å². The van der Waals surface area contributed by atoms with E-state index in [1.54, 1.807) is 29.5 Å². The molecular formula is C13H11BrN4OS. The molecule has 0 atom stereocenters. The van der Waals surface area contributed by atoms with Crippen molar-refractivity contribution in [2.45, 2.75) is 6.42 Å². The van der Waals surface area contributed by atoms with Crippen LogP contribution in [-0.2, 0) is 6.42 Å². The van der Waals surface area contributed by atoms with Crippen LogP contribution < -0.4 is 5.32 Å². The third-order valence-electron chi connectivity index (χ3n) is 2.86. The number of aromatic nitrogens is 3. The molecular weight excluding hydrogens is 340 g/mol. The Hall–Kier alpha value is -1.73. The summed E-state index contributed by atoms with van der Waals surface area (Å²) in [5.41, 5.74) is 2.04. The lowest BCUT2D eigenvalue weighted by molar-refractivity contribution is 0.0954. The fourth-order valence-electron chi connectivity index (χ4n) is 1.87. The Kier molecular flexibility index (Phi) is 3.79. The second-order valence-electron chi connectivity index (χ2n) is 4.24. The Labute approximate surface area is 127 Å². The first-order valence-electron chi connectivity index (χ1n) is 6.05. The van der Waals surface area contributed by atoms with E-state index in [0.717, 1.165) is 15.7 Å². The van der Waals surface area contributed by atoms with Gasteiger partial charge < -0.3 is 5.32 Å². The average Bonchev–Trinajstić information content (AvgIpc) is 3.06. The number of fused-ring (bicyclic) bond motifs is 1. The fraction of sp³-hybridized carbons (Fsp3) is 0.154. The largest absolute Gasteiger partial charge is 0.352 e. The Bertz CT molecular complexity index is 752. The van der Waals surface area contributed by atoms with E-state index in [-0.39, 0.29) is 5.91 Å². The second-order valence-corrected chi connectivity index (χ2v) is 6.79. The minimum absolute atomic E-state index is 0.0921. The lowest BCUT2D eigenvalue weighted by atomic mass is 10.2. The number of aromatic amines is 1. The summed E-state index contributed by atoms with van der Waals surface area (Å²) < 4.78 is 1.11. The molecule has 102 valence electrons. The zero-order valence-corrected chi connectivity index (χ0v) is 12.8.